The van der Waals surface area contributed by atoms with Crippen molar-refractivity contribution in [1.29, 1.82) is 0 Å². The normalized spacial score (nSPS) is 10.3. The Morgan fingerprint density at radius 1 is 1.26 bits per heavy atom. The minimum atomic E-state index is -0.229. The summed E-state index contributed by atoms with van der Waals surface area (Å²) in [5.74, 6) is 0.554. The third kappa shape index (κ3) is 3.26. The maximum Gasteiger partial charge on any atom is 0.146 e. The molecule has 0 saturated carbocycles. The van der Waals surface area contributed by atoms with Crippen molar-refractivity contribution < 1.29 is 9.13 Å². The van der Waals surface area contributed by atoms with Crippen molar-refractivity contribution in [2.24, 2.45) is 0 Å². The molecule has 19 heavy (non-hydrogen) atoms. The van der Waals surface area contributed by atoms with Crippen LogP contribution in [-0.4, -0.2) is 7.11 Å². The molecule has 1 N–H and O–H groups in total. The maximum atomic E-state index is 13.7. The summed E-state index contributed by atoms with van der Waals surface area (Å²) < 4.78 is 19.7. The molecular weight excluding hydrogens is 309 g/mol. The number of hydrogen-bond donors (Lipinski definition) is 1. The topological polar surface area (TPSA) is 21.3 Å². The van der Waals surface area contributed by atoms with Crippen LogP contribution >= 0.6 is 15.9 Å². The van der Waals surface area contributed by atoms with E-state index < -0.39 is 0 Å². The van der Waals surface area contributed by atoms with Crippen molar-refractivity contribution in [3.8, 4) is 5.75 Å². The van der Waals surface area contributed by atoms with E-state index in [2.05, 4.69) is 21.2 Å². The first-order chi connectivity index (χ1) is 9.11. The van der Waals surface area contributed by atoms with Gasteiger partial charge in [-0.1, -0.05) is 18.2 Å². The van der Waals surface area contributed by atoms with E-state index in [-0.39, 0.29) is 5.82 Å². The molecule has 0 unspecified atom stereocenters. The zero-order valence-corrected chi connectivity index (χ0v) is 12.4. The van der Waals surface area contributed by atoms with Crippen molar-refractivity contribution in [3.05, 3.63) is 57.8 Å². The van der Waals surface area contributed by atoms with E-state index in [1.54, 1.807) is 13.2 Å². The summed E-state index contributed by atoms with van der Waals surface area (Å²) in [4.78, 5) is 0. The molecule has 0 bridgehead atoms. The van der Waals surface area contributed by atoms with E-state index in [1.807, 2.05) is 31.2 Å². The molecule has 0 atom stereocenters. The third-order valence-corrected chi connectivity index (χ3v) is 3.53. The van der Waals surface area contributed by atoms with E-state index in [0.29, 0.717) is 12.2 Å². The van der Waals surface area contributed by atoms with Crippen LogP contribution < -0.4 is 10.1 Å². The van der Waals surface area contributed by atoms with Crippen LogP contribution in [0.25, 0.3) is 0 Å². The predicted octanol–water partition coefficient (Wildman–Crippen LogP) is 4.52. The molecule has 0 amide bonds. The van der Waals surface area contributed by atoms with Gasteiger partial charge in [0.15, 0.2) is 0 Å². The molecule has 0 aliphatic rings. The smallest absolute Gasteiger partial charge is 0.146 e. The molecule has 0 spiro atoms. The Hall–Kier alpha value is -1.55. The van der Waals surface area contributed by atoms with Gasteiger partial charge >= 0.3 is 0 Å². The van der Waals surface area contributed by atoms with Gasteiger partial charge in [0.25, 0.3) is 0 Å². The highest BCUT2D eigenvalue weighted by atomic mass is 79.9. The van der Waals surface area contributed by atoms with Crippen LogP contribution in [0, 0.1) is 12.7 Å². The Morgan fingerprint density at radius 3 is 2.68 bits per heavy atom. The summed E-state index contributed by atoms with van der Waals surface area (Å²) in [6.07, 6.45) is 0. The molecule has 0 aliphatic heterocycles. The van der Waals surface area contributed by atoms with Gasteiger partial charge < -0.3 is 10.1 Å². The lowest BCUT2D eigenvalue weighted by Crippen LogP contribution is -2.03. The maximum absolute atomic E-state index is 13.7. The van der Waals surface area contributed by atoms with Gasteiger partial charge in [-0.3, -0.25) is 0 Å². The lowest BCUT2D eigenvalue weighted by molar-refractivity contribution is 0.412. The molecule has 0 heterocycles. The molecule has 2 nitrogen and oxygen atoms in total. The van der Waals surface area contributed by atoms with Crippen molar-refractivity contribution in [2.75, 3.05) is 12.4 Å². The summed E-state index contributed by atoms with van der Waals surface area (Å²) in [6.45, 7) is 2.44. The molecule has 0 aliphatic carbocycles. The van der Waals surface area contributed by atoms with Crippen LogP contribution in [0.1, 0.15) is 11.1 Å². The second kappa shape index (κ2) is 6.06. The average molecular weight is 324 g/mol. The van der Waals surface area contributed by atoms with Gasteiger partial charge in [-0.05, 0) is 52.2 Å². The van der Waals surface area contributed by atoms with E-state index in [9.17, 15) is 4.39 Å². The molecule has 0 fully saturated rings. The van der Waals surface area contributed by atoms with Crippen LogP contribution in [0.4, 0.5) is 10.1 Å². The molecule has 0 saturated heterocycles. The Labute approximate surface area is 120 Å². The number of nitrogens with one attached hydrogen (secondary N) is 1. The molecule has 0 radical (unpaired) electrons. The van der Waals surface area contributed by atoms with E-state index in [0.717, 1.165) is 21.3 Å². The van der Waals surface area contributed by atoms with Crippen molar-refractivity contribution >= 4 is 21.6 Å². The molecule has 100 valence electrons. The fraction of sp³-hybridized carbons (Fsp3) is 0.200. The minimum absolute atomic E-state index is 0.229. The van der Waals surface area contributed by atoms with Crippen molar-refractivity contribution in [3.63, 3.8) is 0 Å². The quantitative estimate of drug-likeness (QED) is 0.893. The number of para-hydroxylation sites is 1. The van der Waals surface area contributed by atoms with Gasteiger partial charge in [0.05, 0.1) is 17.3 Å². The first kappa shape index (κ1) is 13.9. The van der Waals surface area contributed by atoms with Crippen LogP contribution in [0.15, 0.2) is 40.9 Å². The Morgan fingerprint density at radius 2 is 2.05 bits per heavy atom. The highest BCUT2D eigenvalue weighted by Crippen LogP contribution is 2.26. The highest BCUT2D eigenvalue weighted by Gasteiger charge is 2.06. The number of rotatable bonds is 4. The highest BCUT2D eigenvalue weighted by molar-refractivity contribution is 9.10. The Balaban J connectivity index is 2.13. The summed E-state index contributed by atoms with van der Waals surface area (Å²) in [7, 11) is 1.63. The van der Waals surface area contributed by atoms with E-state index >= 15 is 0 Å². The minimum Gasteiger partial charge on any atom is -0.496 e. The van der Waals surface area contributed by atoms with Crippen molar-refractivity contribution in [2.45, 2.75) is 13.5 Å². The summed E-state index contributed by atoms with van der Waals surface area (Å²) >= 11 is 3.44. The van der Waals surface area contributed by atoms with Crippen LogP contribution in [-0.2, 0) is 6.54 Å². The van der Waals surface area contributed by atoms with E-state index in [4.69, 9.17) is 4.74 Å². The van der Waals surface area contributed by atoms with Gasteiger partial charge in [-0.25, -0.2) is 4.39 Å². The van der Waals surface area contributed by atoms with Gasteiger partial charge in [0, 0.05) is 6.54 Å². The largest absolute Gasteiger partial charge is 0.496 e. The zero-order chi connectivity index (χ0) is 13.8. The van der Waals surface area contributed by atoms with Gasteiger partial charge in [-0.15, -0.1) is 0 Å². The molecule has 0 aromatic heterocycles. The summed E-state index contributed by atoms with van der Waals surface area (Å²) in [5, 5.41) is 3.13. The van der Waals surface area contributed by atoms with Crippen molar-refractivity contribution in [1.82, 2.24) is 0 Å². The lowest BCUT2D eigenvalue weighted by Gasteiger charge is -2.11. The van der Waals surface area contributed by atoms with Gasteiger partial charge in [-0.2, -0.15) is 0 Å². The average Bonchev–Trinajstić information content (AvgIpc) is 2.38. The van der Waals surface area contributed by atoms with E-state index in [1.165, 1.54) is 6.07 Å². The Bertz CT molecular complexity index is 566. The molecule has 2 aromatic carbocycles. The number of hydrogen-bond acceptors (Lipinski definition) is 2. The number of aryl methyl sites for hydroxylation is 1. The summed E-state index contributed by atoms with van der Waals surface area (Å²) in [6, 6.07) is 10.8. The van der Waals surface area contributed by atoms with Crippen LogP contribution in [0.3, 0.4) is 0 Å². The van der Waals surface area contributed by atoms with Gasteiger partial charge in [0.1, 0.15) is 11.6 Å². The first-order valence-electron chi connectivity index (χ1n) is 5.93. The first-order valence-corrected chi connectivity index (χ1v) is 6.72. The number of ether oxygens (including phenoxy) is 1. The van der Waals surface area contributed by atoms with Crippen LogP contribution in [0.5, 0.6) is 5.75 Å². The second-order valence-corrected chi connectivity index (χ2v) is 5.11. The predicted molar refractivity (Wildman–Crippen MR) is 79.2 cm³/mol. The van der Waals surface area contributed by atoms with Crippen LogP contribution in [0.2, 0.25) is 0 Å². The number of methoxy groups -OCH3 is 1. The monoisotopic (exact) mass is 323 g/mol. The SMILES string of the molecule is COc1ccc(CNc2c(C)cccc2F)cc1Br. The second-order valence-electron chi connectivity index (χ2n) is 4.25. The molecular formula is C15H15BrFNO. The number of halogens is 2. The zero-order valence-electron chi connectivity index (χ0n) is 10.8. The standard InChI is InChI=1S/C15H15BrFNO/c1-10-4-3-5-13(17)15(10)18-9-11-6-7-14(19-2)12(16)8-11/h3-8,18H,9H2,1-2H3. The molecule has 4 heteroatoms. The third-order valence-electron chi connectivity index (χ3n) is 2.91. The number of benzene rings is 2. The fourth-order valence-corrected chi connectivity index (χ4v) is 2.45. The summed E-state index contributed by atoms with van der Waals surface area (Å²) in [5.41, 5.74) is 2.50. The Kier molecular flexibility index (Phi) is 4.43. The fourth-order valence-electron chi connectivity index (χ4n) is 1.87. The van der Waals surface area contributed by atoms with Gasteiger partial charge in [0.2, 0.25) is 0 Å². The lowest BCUT2D eigenvalue weighted by atomic mass is 10.1. The number of anilines is 1. The molecule has 2 aromatic rings. The molecule has 2 rings (SSSR count).